The Morgan fingerprint density at radius 2 is 1.52 bits per heavy atom. The van der Waals surface area contributed by atoms with Gasteiger partial charge in [-0.05, 0) is 68.6 Å². The summed E-state index contributed by atoms with van der Waals surface area (Å²) in [5, 5.41) is 19.1. The van der Waals surface area contributed by atoms with Crippen molar-refractivity contribution in [3.63, 3.8) is 0 Å². The topological polar surface area (TPSA) is 40.5 Å². The zero-order valence-electron chi connectivity index (χ0n) is 16.1. The van der Waals surface area contributed by atoms with Crippen LogP contribution in [-0.4, -0.2) is 22.9 Å². The van der Waals surface area contributed by atoms with Gasteiger partial charge in [0.1, 0.15) is 0 Å². The summed E-state index contributed by atoms with van der Waals surface area (Å²) in [5.41, 5.74) is 1.06. The summed E-state index contributed by atoms with van der Waals surface area (Å²) in [5.74, 6) is 0. The fraction of sp³-hybridized carbons (Fsp3) is 1.00. The van der Waals surface area contributed by atoms with Gasteiger partial charge in [0.15, 0.2) is 0 Å². The Kier molecular flexibility index (Phi) is 9.77. The van der Waals surface area contributed by atoms with Crippen molar-refractivity contribution in [1.29, 1.82) is 0 Å². The molecule has 0 aromatic carbocycles. The molecular formula is C21H42O2. The lowest BCUT2D eigenvalue weighted by atomic mass is 9.82. The van der Waals surface area contributed by atoms with Crippen LogP contribution in [0.15, 0.2) is 0 Å². The molecule has 0 heterocycles. The molecule has 1 rings (SSSR count). The smallest absolute Gasteiger partial charge is 0.0540 e. The predicted molar refractivity (Wildman–Crippen MR) is 99.6 cm³/mol. The second-order valence-electron chi connectivity index (χ2n) is 8.89. The molecule has 1 aliphatic carbocycles. The lowest BCUT2D eigenvalue weighted by Gasteiger charge is -2.24. The summed E-state index contributed by atoms with van der Waals surface area (Å²) in [6.07, 6.45) is 16.8. The molecule has 0 bridgehead atoms. The van der Waals surface area contributed by atoms with Crippen LogP contribution in [0.1, 0.15) is 111 Å². The van der Waals surface area contributed by atoms with E-state index in [1.807, 2.05) is 0 Å². The normalized spacial score (nSPS) is 18.1. The second kappa shape index (κ2) is 10.7. The molecule has 1 fully saturated rings. The van der Waals surface area contributed by atoms with Crippen molar-refractivity contribution in [2.45, 2.75) is 117 Å². The third kappa shape index (κ3) is 9.72. The molecule has 138 valence electrons. The minimum atomic E-state index is -0.0862. The Morgan fingerprint density at radius 1 is 0.913 bits per heavy atom. The van der Waals surface area contributed by atoms with Crippen LogP contribution in [0.2, 0.25) is 0 Å². The van der Waals surface area contributed by atoms with Gasteiger partial charge in [-0.25, -0.2) is 0 Å². The van der Waals surface area contributed by atoms with Crippen LogP contribution in [0.5, 0.6) is 0 Å². The molecule has 0 radical (unpaired) electrons. The van der Waals surface area contributed by atoms with E-state index in [0.29, 0.717) is 17.4 Å². The molecule has 23 heavy (non-hydrogen) atoms. The van der Waals surface area contributed by atoms with Gasteiger partial charge in [0.05, 0.1) is 6.10 Å². The maximum atomic E-state index is 10.1. The standard InChI is InChI=1S/C21H42O2/c1-4-12-20(2,3)13-7-5-10-19(23)11-6-8-14-21(16-17-21)15-9-18-22/h19,22-23H,4-18H2,1-3H3. The van der Waals surface area contributed by atoms with Crippen molar-refractivity contribution in [1.82, 2.24) is 0 Å². The van der Waals surface area contributed by atoms with E-state index in [-0.39, 0.29) is 6.10 Å². The van der Waals surface area contributed by atoms with E-state index in [2.05, 4.69) is 20.8 Å². The van der Waals surface area contributed by atoms with Crippen LogP contribution < -0.4 is 0 Å². The lowest BCUT2D eigenvalue weighted by molar-refractivity contribution is 0.144. The van der Waals surface area contributed by atoms with Crippen LogP contribution in [0.25, 0.3) is 0 Å². The number of hydrogen-bond acceptors (Lipinski definition) is 2. The van der Waals surface area contributed by atoms with Gasteiger partial charge in [0.2, 0.25) is 0 Å². The Balaban J connectivity index is 1.97. The van der Waals surface area contributed by atoms with Gasteiger partial charge in [-0.15, -0.1) is 0 Å². The van der Waals surface area contributed by atoms with Crippen molar-refractivity contribution >= 4 is 0 Å². The number of rotatable bonds is 15. The molecule has 2 N–H and O–H groups in total. The molecule has 1 aliphatic rings. The van der Waals surface area contributed by atoms with Gasteiger partial charge in [-0.1, -0.05) is 52.9 Å². The molecule has 0 aromatic heterocycles. The van der Waals surface area contributed by atoms with Crippen molar-refractivity contribution in [2.75, 3.05) is 6.61 Å². The number of unbranched alkanes of at least 4 members (excludes halogenated alkanes) is 2. The fourth-order valence-corrected chi connectivity index (χ4v) is 4.07. The summed E-state index contributed by atoms with van der Waals surface area (Å²) in [6.45, 7) is 7.35. The van der Waals surface area contributed by atoms with E-state index < -0.39 is 0 Å². The molecule has 1 saturated carbocycles. The monoisotopic (exact) mass is 326 g/mol. The average molecular weight is 327 g/mol. The van der Waals surface area contributed by atoms with Crippen molar-refractivity contribution in [3.05, 3.63) is 0 Å². The van der Waals surface area contributed by atoms with Crippen molar-refractivity contribution in [2.24, 2.45) is 10.8 Å². The molecule has 0 aromatic rings. The van der Waals surface area contributed by atoms with Gasteiger partial charge in [-0.2, -0.15) is 0 Å². The van der Waals surface area contributed by atoms with Gasteiger partial charge < -0.3 is 10.2 Å². The molecule has 0 saturated heterocycles. The van der Waals surface area contributed by atoms with Crippen LogP contribution in [0.4, 0.5) is 0 Å². The minimum Gasteiger partial charge on any atom is -0.396 e. The Morgan fingerprint density at radius 3 is 2.09 bits per heavy atom. The molecule has 1 unspecified atom stereocenters. The summed E-state index contributed by atoms with van der Waals surface area (Å²) in [7, 11) is 0. The third-order valence-corrected chi connectivity index (χ3v) is 5.88. The number of aliphatic hydroxyl groups is 2. The molecule has 0 aliphatic heterocycles. The third-order valence-electron chi connectivity index (χ3n) is 5.88. The van der Waals surface area contributed by atoms with Crippen LogP contribution >= 0.6 is 0 Å². The first-order valence-electron chi connectivity index (χ1n) is 10.2. The summed E-state index contributed by atoms with van der Waals surface area (Å²) < 4.78 is 0. The first kappa shape index (κ1) is 21.0. The van der Waals surface area contributed by atoms with Gasteiger partial charge in [0.25, 0.3) is 0 Å². The van der Waals surface area contributed by atoms with E-state index in [1.165, 1.54) is 70.6 Å². The summed E-state index contributed by atoms with van der Waals surface area (Å²) in [4.78, 5) is 0. The van der Waals surface area contributed by atoms with E-state index in [9.17, 15) is 5.11 Å². The summed E-state index contributed by atoms with van der Waals surface area (Å²) >= 11 is 0. The Bertz CT molecular complexity index is 294. The van der Waals surface area contributed by atoms with Crippen LogP contribution in [-0.2, 0) is 0 Å². The first-order valence-corrected chi connectivity index (χ1v) is 10.2. The van der Waals surface area contributed by atoms with E-state index in [4.69, 9.17) is 5.11 Å². The fourth-order valence-electron chi connectivity index (χ4n) is 4.07. The highest BCUT2D eigenvalue weighted by molar-refractivity contribution is 4.92. The van der Waals surface area contributed by atoms with E-state index >= 15 is 0 Å². The zero-order chi connectivity index (χ0) is 17.2. The average Bonchev–Trinajstić information content (AvgIpc) is 3.26. The first-order chi connectivity index (χ1) is 10.9. The zero-order valence-corrected chi connectivity index (χ0v) is 16.1. The second-order valence-corrected chi connectivity index (χ2v) is 8.89. The van der Waals surface area contributed by atoms with Crippen LogP contribution in [0, 0.1) is 10.8 Å². The van der Waals surface area contributed by atoms with Crippen LogP contribution in [0.3, 0.4) is 0 Å². The van der Waals surface area contributed by atoms with E-state index in [1.54, 1.807) is 0 Å². The molecule has 1 atom stereocenters. The highest BCUT2D eigenvalue weighted by atomic mass is 16.3. The van der Waals surface area contributed by atoms with Gasteiger partial charge in [-0.3, -0.25) is 0 Å². The highest BCUT2D eigenvalue weighted by Crippen LogP contribution is 2.53. The largest absolute Gasteiger partial charge is 0.396 e. The number of aliphatic hydroxyl groups excluding tert-OH is 2. The molecule has 2 nitrogen and oxygen atoms in total. The lowest BCUT2D eigenvalue weighted by Crippen LogP contribution is -2.11. The minimum absolute atomic E-state index is 0.0862. The summed E-state index contributed by atoms with van der Waals surface area (Å²) in [6, 6.07) is 0. The SMILES string of the molecule is CCCC(C)(C)CCCCC(O)CCCCC1(CCCO)CC1. The Labute approximate surface area is 145 Å². The quantitative estimate of drug-likeness (QED) is 0.371. The number of hydrogen-bond donors (Lipinski definition) is 2. The molecule has 0 spiro atoms. The van der Waals surface area contributed by atoms with Gasteiger partial charge in [0, 0.05) is 6.61 Å². The highest BCUT2D eigenvalue weighted by Gasteiger charge is 2.40. The van der Waals surface area contributed by atoms with Crippen molar-refractivity contribution < 1.29 is 10.2 Å². The molecule has 0 amide bonds. The van der Waals surface area contributed by atoms with Crippen molar-refractivity contribution in [3.8, 4) is 0 Å². The Hall–Kier alpha value is -0.0800. The predicted octanol–water partition coefficient (Wildman–Crippen LogP) is 5.85. The molecule has 2 heteroatoms. The maximum Gasteiger partial charge on any atom is 0.0540 e. The van der Waals surface area contributed by atoms with Gasteiger partial charge >= 0.3 is 0 Å². The van der Waals surface area contributed by atoms with E-state index in [0.717, 1.165) is 19.3 Å². The maximum absolute atomic E-state index is 10.1. The molecular weight excluding hydrogens is 284 g/mol.